The Balaban J connectivity index is 1.42. The first-order valence-corrected chi connectivity index (χ1v) is 11.9. The number of rotatable bonds is 11. The lowest BCUT2D eigenvalue weighted by Crippen LogP contribution is -2.48. The van der Waals surface area contributed by atoms with Crippen molar-refractivity contribution in [3.05, 3.63) is 71.8 Å². The van der Waals surface area contributed by atoms with Crippen molar-refractivity contribution >= 4 is 12.0 Å². The maximum Gasteiger partial charge on any atom is 0.408 e. The smallest absolute Gasteiger partial charge is 0.408 e. The Bertz CT molecular complexity index is 880. The summed E-state index contributed by atoms with van der Waals surface area (Å²) in [6.07, 6.45) is 2.94. The van der Waals surface area contributed by atoms with Crippen molar-refractivity contribution in [3.63, 3.8) is 0 Å². The molecular formula is C27H37N3O3. The van der Waals surface area contributed by atoms with Crippen LogP contribution in [0.5, 0.6) is 0 Å². The van der Waals surface area contributed by atoms with Gasteiger partial charge in [0.25, 0.3) is 0 Å². The highest BCUT2D eigenvalue weighted by Gasteiger charge is 2.37. The molecule has 0 heterocycles. The van der Waals surface area contributed by atoms with Crippen LogP contribution in [0.1, 0.15) is 63.5 Å². The molecule has 6 heteroatoms. The van der Waals surface area contributed by atoms with Gasteiger partial charge >= 0.3 is 6.09 Å². The van der Waals surface area contributed by atoms with Gasteiger partial charge in [-0.1, -0.05) is 60.7 Å². The summed E-state index contributed by atoms with van der Waals surface area (Å²) in [6.45, 7) is 6.75. The van der Waals surface area contributed by atoms with Gasteiger partial charge in [0, 0.05) is 18.5 Å². The maximum atomic E-state index is 12.8. The first kappa shape index (κ1) is 24.8. The van der Waals surface area contributed by atoms with Gasteiger partial charge in [0.15, 0.2) is 0 Å². The van der Waals surface area contributed by atoms with Crippen molar-refractivity contribution in [2.45, 2.75) is 76.6 Å². The van der Waals surface area contributed by atoms with Gasteiger partial charge in [-0.2, -0.15) is 0 Å². The Kier molecular flexibility index (Phi) is 8.89. The molecule has 33 heavy (non-hydrogen) atoms. The van der Waals surface area contributed by atoms with E-state index in [2.05, 4.69) is 40.2 Å². The number of alkyl carbamates (subject to hydrolysis) is 1. The molecule has 0 radical (unpaired) electrons. The van der Waals surface area contributed by atoms with Crippen LogP contribution in [0.15, 0.2) is 60.7 Å². The molecule has 1 fully saturated rings. The Morgan fingerprint density at radius 1 is 1.00 bits per heavy atom. The van der Waals surface area contributed by atoms with Gasteiger partial charge in [0.1, 0.15) is 11.6 Å². The molecule has 0 spiro atoms. The molecule has 1 aliphatic rings. The predicted octanol–water partition coefficient (Wildman–Crippen LogP) is 4.51. The second-order valence-electron chi connectivity index (χ2n) is 9.71. The Hall–Kier alpha value is -2.86. The van der Waals surface area contributed by atoms with Crippen LogP contribution >= 0.6 is 0 Å². The van der Waals surface area contributed by atoms with E-state index in [-0.39, 0.29) is 5.91 Å². The highest BCUT2D eigenvalue weighted by molar-refractivity contribution is 5.85. The molecule has 6 nitrogen and oxygen atoms in total. The first-order valence-electron chi connectivity index (χ1n) is 11.9. The minimum Gasteiger partial charge on any atom is -0.444 e. The zero-order valence-electron chi connectivity index (χ0n) is 20.0. The SMILES string of the molecule is CC(C)(C)OC(=O)N[C@@H](CCCCNC1CC1c1ccccc1)C(=O)NCc1ccccc1. The molecule has 0 aromatic heterocycles. The summed E-state index contributed by atoms with van der Waals surface area (Å²) in [6, 6.07) is 20.3. The summed E-state index contributed by atoms with van der Waals surface area (Å²) in [5.41, 5.74) is 1.80. The number of carbonyl (C=O) groups is 2. The van der Waals surface area contributed by atoms with Crippen LogP contribution in [0.4, 0.5) is 4.79 Å². The Morgan fingerprint density at radius 3 is 2.33 bits per heavy atom. The number of nitrogens with one attached hydrogen (secondary N) is 3. The third kappa shape index (κ3) is 8.89. The second-order valence-corrected chi connectivity index (χ2v) is 9.71. The summed E-state index contributed by atoms with van der Waals surface area (Å²) in [7, 11) is 0. The van der Waals surface area contributed by atoms with E-state index in [1.54, 1.807) is 0 Å². The van der Waals surface area contributed by atoms with Crippen molar-refractivity contribution in [2.24, 2.45) is 0 Å². The third-order valence-electron chi connectivity index (χ3n) is 5.66. The summed E-state index contributed by atoms with van der Waals surface area (Å²) in [4.78, 5) is 25.1. The van der Waals surface area contributed by atoms with Crippen LogP contribution in [-0.2, 0) is 16.1 Å². The molecule has 3 N–H and O–H groups in total. The number of unbranched alkanes of at least 4 members (excludes halogenated alkanes) is 1. The van der Waals surface area contributed by atoms with E-state index in [9.17, 15) is 9.59 Å². The van der Waals surface area contributed by atoms with Gasteiger partial charge in [-0.25, -0.2) is 4.79 Å². The molecule has 178 valence electrons. The fraction of sp³-hybridized carbons (Fsp3) is 0.481. The minimum atomic E-state index is -0.624. The Morgan fingerprint density at radius 2 is 1.67 bits per heavy atom. The van der Waals surface area contributed by atoms with E-state index >= 15 is 0 Å². The summed E-state index contributed by atoms with van der Waals surface area (Å²) >= 11 is 0. The van der Waals surface area contributed by atoms with Crippen molar-refractivity contribution in [3.8, 4) is 0 Å². The molecule has 1 saturated carbocycles. The molecule has 1 aliphatic carbocycles. The van der Waals surface area contributed by atoms with Crippen LogP contribution in [0.25, 0.3) is 0 Å². The number of benzene rings is 2. The number of hydrogen-bond donors (Lipinski definition) is 3. The Labute approximate surface area is 197 Å². The van der Waals surface area contributed by atoms with Crippen molar-refractivity contribution in [1.82, 2.24) is 16.0 Å². The van der Waals surface area contributed by atoms with E-state index in [1.807, 2.05) is 57.2 Å². The summed E-state index contributed by atoms with van der Waals surface area (Å²) in [5, 5.41) is 9.31. The van der Waals surface area contributed by atoms with E-state index in [0.717, 1.165) is 24.9 Å². The number of carbonyl (C=O) groups excluding carboxylic acids is 2. The minimum absolute atomic E-state index is 0.191. The molecule has 3 rings (SSSR count). The molecule has 2 amide bonds. The van der Waals surface area contributed by atoms with Crippen molar-refractivity contribution in [2.75, 3.05) is 6.54 Å². The molecule has 2 unspecified atom stereocenters. The van der Waals surface area contributed by atoms with Gasteiger partial charge in [-0.05, 0) is 64.1 Å². The van der Waals surface area contributed by atoms with E-state index < -0.39 is 17.7 Å². The highest BCUT2D eigenvalue weighted by atomic mass is 16.6. The summed E-state index contributed by atoms with van der Waals surface area (Å²) in [5.74, 6) is 0.417. The molecule has 0 aliphatic heterocycles. The topological polar surface area (TPSA) is 79.5 Å². The monoisotopic (exact) mass is 451 g/mol. The number of ether oxygens (including phenoxy) is 1. The highest BCUT2D eigenvalue weighted by Crippen LogP contribution is 2.40. The predicted molar refractivity (Wildman–Crippen MR) is 131 cm³/mol. The van der Waals surface area contributed by atoms with Crippen LogP contribution in [0, 0.1) is 0 Å². The fourth-order valence-electron chi connectivity index (χ4n) is 3.88. The average Bonchev–Trinajstić information content (AvgIpc) is 3.56. The van der Waals surface area contributed by atoms with Gasteiger partial charge in [-0.15, -0.1) is 0 Å². The standard InChI is InChI=1S/C27H37N3O3/c1-27(2,3)33-26(32)30-23(25(31)29-19-20-12-6-4-7-13-20)16-10-11-17-28-24-18-22(24)21-14-8-5-9-15-21/h4-9,12-15,22-24,28H,10-11,16-19H2,1-3H3,(H,29,31)(H,30,32)/t22?,23-,24?/m0/s1. The van der Waals surface area contributed by atoms with Gasteiger partial charge in [0.05, 0.1) is 0 Å². The summed E-state index contributed by atoms with van der Waals surface area (Å²) < 4.78 is 5.36. The van der Waals surface area contributed by atoms with Crippen molar-refractivity contribution < 1.29 is 14.3 Å². The quantitative estimate of drug-likeness (QED) is 0.439. The lowest BCUT2D eigenvalue weighted by atomic mass is 10.1. The first-order chi connectivity index (χ1) is 15.8. The van der Waals surface area contributed by atoms with Crippen LogP contribution in [-0.4, -0.2) is 36.2 Å². The third-order valence-corrected chi connectivity index (χ3v) is 5.66. The maximum absolute atomic E-state index is 12.8. The lowest BCUT2D eigenvalue weighted by Gasteiger charge is -2.23. The van der Waals surface area contributed by atoms with Crippen LogP contribution in [0.2, 0.25) is 0 Å². The number of hydrogen-bond acceptors (Lipinski definition) is 4. The molecule has 2 aromatic rings. The van der Waals surface area contributed by atoms with Crippen LogP contribution < -0.4 is 16.0 Å². The molecule has 0 bridgehead atoms. The molecule has 3 atom stereocenters. The normalized spacial score (nSPS) is 18.3. The van der Waals surface area contributed by atoms with E-state index in [4.69, 9.17) is 4.74 Å². The molecule has 0 saturated heterocycles. The zero-order chi connectivity index (χ0) is 23.7. The second kappa shape index (κ2) is 11.8. The van der Waals surface area contributed by atoms with E-state index in [0.29, 0.717) is 24.9 Å². The molecule has 2 aromatic carbocycles. The van der Waals surface area contributed by atoms with E-state index in [1.165, 1.54) is 12.0 Å². The zero-order valence-corrected chi connectivity index (χ0v) is 20.0. The van der Waals surface area contributed by atoms with Crippen LogP contribution in [0.3, 0.4) is 0 Å². The average molecular weight is 452 g/mol. The van der Waals surface area contributed by atoms with Gasteiger partial charge in [-0.3, -0.25) is 4.79 Å². The lowest BCUT2D eigenvalue weighted by molar-refractivity contribution is -0.123. The number of amides is 2. The van der Waals surface area contributed by atoms with Gasteiger partial charge in [0.2, 0.25) is 5.91 Å². The van der Waals surface area contributed by atoms with Crippen molar-refractivity contribution in [1.29, 1.82) is 0 Å². The fourth-order valence-corrected chi connectivity index (χ4v) is 3.88. The largest absolute Gasteiger partial charge is 0.444 e. The van der Waals surface area contributed by atoms with Gasteiger partial charge < -0.3 is 20.7 Å². The molecular weight excluding hydrogens is 414 g/mol.